The number of nitrogens with one attached hydrogen (secondary N) is 1. The van der Waals surface area contributed by atoms with E-state index in [0.29, 0.717) is 10.0 Å². The molecule has 148 valence electrons. The van der Waals surface area contributed by atoms with Crippen molar-refractivity contribution in [3.05, 3.63) is 73.9 Å². The summed E-state index contributed by atoms with van der Waals surface area (Å²) in [4.78, 5) is 35.0. The molecule has 0 aliphatic heterocycles. The van der Waals surface area contributed by atoms with Crippen LogP contribution in [0.25, 0.3) is 0 Å². The first kappa shape index (κ1) is 20.7. The third-order valence-corrected chi connectivity index (χ3v) is 5.20. The van der Waals surface area contributed by atoms with E-state index >= 15 is 0 Å². The number of hydrogen-bond acceptors (Lipinski definition) is 5. The molecule has 3 rings (SSSR count). The number of ether oxygens (including phenoxy) is 1. The number of carbonyl (C=O) groups is 3. The fourth-order valence-corrected chi connectivity index (χ4v) is 3.88. The first-order chi connectivity index (χ1) is 13.8. The van der Waals surface area contributed by atoms with Gasteiger partial charge in [0.05, 0.1) is 26.7 Å². The second kappa shape index (κ2) is 8.52. The number of thiophene rings is 1. The molecule has 1 aromatic heterocycles. The van der Waals surface area contributed by atoms with E-state index in [0.717, 1.165) is 23.5 Å². The molecule has 1 heterocycles. The molecular formula is C19H11Cl2NO6S. The molecule has 0 spiro atoms. The Hall–Kier alpha value is -3.07. The second-order valence-corrected chi connectivity index (χ2v) is 7.89. The summed E-state index contributed by atoms with van der Waals surface area (Å²) in [5, 5.41) is 21.0. The molecule has 0 atom stereocenters. The summed E-state index contributed by atoms with van der Waals surface area (Å²) in [6.07, 6.45) is 0. The van der Waals surface area contributed by atoms with E-state index < -0.39 is 23.4 Å². The maximum atomic E-state index is 12.5. The van der Waals surface area contributed by atoms with E-state index in [4.69, 9.17) is 33.0 Å². The fourth-order valence-electron chi connectivity index (χ4n) is 2.42. The molecule has 0 saturated carbocycles. The third kappa shape index (κ3) is 4.68. The molecule has 3 aromatic rings. The van der Waals surface area contributed by atoms with Gasteiger partial charge in [-0.05, 0) is 36.4 Å². The molecule has 0 bridgehead atoms. The van der Waals surface area contributed by atoms with Gasteiger partial charge in [0.25, 0.3) is 5.91 Å². The van der Waals surface area contributed by atoms with Crippen LogP contribution in [0, 0.1) is 0 Å². The Bertz CT molecular complexity index is 1130. The number of rotatable bonds is 6. The summed E-state index contributed by atoms with van der Waals surface area (Å²) >= 11 is 12.9. The van der Waals surface area contributed by atoms with Gasteiger partial charge in [0.1, 0.15) is 10.1 Å². The van der Waals surface area contributed by atoms with E-state index in [-0.39, 0.29) is 27.0 Å². The van der Waals surface area contributed by atoms with E-state index in [2.05, 4.69) is 5.32 Å². The van der Waals surface area contributed by atoms with E-state index in [9.17, 15) is 19.5 Å². The smallest absolute Gasteiger partial charge is 0.336 e. The molecule has 0 fully saturated rings. The summed E-state index contributed by atoms with van der Waals surface area (Å²) in [5.41, 5.74) is -0.280. The van der Waals surface area contributed by atoms with Crippen molar-refractivity contribution < 1.29 is 29.3 Å². The maximum absolute atomic E-state index is 12.5. The number of hydrogen-bond donors (Lipinski definition) is 3. The summed E-state index contributed by atoms with van der Waals surface area (Å²) in [5.74, 6) is -2.96. The molecule has 1 amide bonds. The summed E-state index contributed by atoms with van der Waals surface area (Å²) in [7, 11) is 0. The molecule has 0 unspecified atom stereocenters. The summed E-state index contributed by atoms with van der Waals surface area (Å²) in [6, 6.07) is 11.5. The lowest BCUT2D eigenvalue weighted by Crippen LogP contribution is -2.12. The van der Waals surface area contributed by atoms with Gasteiger partial charge in [-0.1, -0.05) is 35.3 Å². The monoisotopic (exact) mass is 451 g/mol. The van der Waals surface area contributed by atoms with Gasteiger partial charge in [0.15, 0.2) is 5.75 Å². The predicted molar refractivity (Wildman–Crippen MR) is 109 cm³/mol. The Morgan fingerprint density at radius 2 is 1.59 bits per heavy atom. The van der Waals surface area contributed by atoms with Crippen molar-refractivity contribution in [2.45, 2.75) is 0 Å². The number of benzene rings is 2. The number of carboxylic acid groups (broad SMARTS) is 2. The van der Waals surface area contributed by atoms with Gasteiger partial charge < -0.3 is 20.3 Å². The highest BCUT2D eigenvalue weighted by Gasteiger charge is 2.19. The van der Waals surface area contributed by atoms with Crippen molar-refractivity contribution in [3.63, 3.8) is 0 Å². The Morgan fingerprint density at radius 1 is 0.897 bits per heavy atom. The fraction of sp³-hybridized carbons (Fsp3) is 0. The topological polar surface area (TPSA) is 113 Å². The molecule has 7 nitrogen and oxygen atoms in total. The highest BCUT2D eigenvalue weighted by molar-refractivity contribution is 7.20. The summed E-state index contributed by atoms with van der Waals surface area (Å²) in [6.45, 7) is 0. The molecular weight excluding hydrogens is 441 g/mol. The summed E-state index contributed by atoms with van der Waals surface area (Å²) < 4.78 is 6.28. The van der Waals surface area contributed by atoms with Gasteiger partial charge in [-0.3, -0.25) is 4.79 Å². The Labute approximate surface area is 178 Å². The third-order valence-electron chi connectivity index (χ3n) is 3.72. The van der Waals surface area contributed by atoms with Crippen molar-refractivity contribution >= 4 is 58.1 Å². The van der Waals surface area contributed by atoms with Crippen molar-refractivity contribution in [1.82, 2.24) is 0 Å². The molecule has 29 heavy (non-hydrogen) atoms. The van der Waals surface area contributed by atoms with Crippen LogP contribution in [0.3, 0.4) is 0 Å². The van der Waals surface area contributed by atoms with Crippen molar-refractivity contribution in [3.8, 4) is 11.5 Å². The number of halogens is 2. The van der Waals surface area contributed by atoms with Crippen LogP contribution in [-0.4, -0.2) is 28.1 Å². The van der Waals surface area contributed by atoms with Gasteiger partial charge in [0, 0.05) is 0 Å². The second-order valence-electron chi connectivity index (χ2n) is 5.61. The average Bonchev–Trinajstić information content (AvgIpc) is 3.01. The number of anilines is 1. The zero-order chi connectivity index (χ0) is 21.1. The van der Waals surface area contributed by atoms with Crippen LogP contribution in [0.15, 0.2) is 48.5 Å². The number of para-hydroxylation sites is 2. The molecule has 0 radical (unpaired) electrons. The number of carbonyl (C=O) groups excluding carboxylic acids is 1. The lowest BCUT2D eigenvalue weighted by molar-refractivity contribution is 0.0651. The van der Waals surface area contributed by atoms with Crippen LogP contribution in [0.1, 0.15) is 31.1 Å². The van der Waals surface area contributed by atoms with Crippen LogP contribution >= 0.6 is 34.5 Å². The normalized spacial score (nSPS) is 10.4. The number of aromatic carboxylic acids is 2. The zero-order valence-electron chi connectivity index (χ0n) is 14.3. The molecule has 3 N–H and O–H groups in total. The minimum Gasteiger partial charge on any atom is -0.478 e. The molecule has 0 saturated heterocycles. The van der Waals surface area contributed by atoms with Crippen LogP contribution in [-0.2, 0) is 0 Å². The largest absolute Gasteiger partial charge is 0.478 e. The van der Waals surface area contributed by atoms with Gasteiger partial charge in [-0.25, -0.2) is 9.59 Å². The molecule has 10 heteroatoms. The molecule has 2 aromatic carbocycles. The minimum absolute atomic E-state index is 0.0886. The lowest BCUT2D eigenvalue weighted by Gasteiger charge is -2.13. The standard InChI is InChI=1S/C19H11Cl2NO6S/c20-15-8-12(16(21)29-15)17(23)22-13-3-1-2-4-14(13)28-9-5-6-10(18(24)25)11(7-9)19(26)27/h1-8H,(H,22,23)(H,24,25)(H,26,27). The highest BCUT2D eigenvalue weighted by atomic mass is 35.5. The first-order valence-corrected chi connectivity index (χ1v) is 9.47. The van der Waals surface area contributed by atoms with Crippen LogP contribution < -0.4 is 10.1 Å². The first-order valence-electron chi connectivity index (χ1n) is 7.90. The Kier molecular flexibility index (Phi) is 6.07. The molecule has 0 aliphatic rings. The van der Waals surface area contributed by atoms with Gasteiger partial charge in [-0.2, -0.15) is 0 Å². The van der Waals surface area contributed by atoms with Gasteiger partial charge in [-0.15, -0.1) is 11.3 Å². The van der Waals surface area contributed by atoms with Crippen molar-refractivity contribution in [2.75, 3.05) is 5.32 Å². The van der Waals surface area contributed by atoms with E-state index in [1.807, 2.05) is 0 Å². The Balaban J connectivity index is 1.89. The van der Waals surface area contributed by atoms with E-state index in [1.54, 1.807) is 24.3 Å². The van der Waals surface area contributed by atoms with Crippen LogP contribution in [0.5, 0.6) is 11.5 Å². The van der Waals surface area contributed by atoms with Gasteiger partial charge >= 0.3 is 11.9 Å². The maximum Gasteiger partial charge on any atom is 0.336 e. The van der Waals surface area contributed by atoms with E-state index in [1.165, 1.54) is 12.1 Å². The predicted octanol–water partition coefficient (Wildman–Crippen LogP) is 5.50. The lowest BCUT2D eigenvalue weighted by atomic mass is 10.1. The number of amides is 1. The number of carboxylic acids is 2. The molecule has 0 aliphatic carbocycles. The Morgan fingerprint density at radius 3 is 2.21 bits per heavy atom. The van der Waals surface area contributed by atoms with Crippen LogP contribution in [0.4, 0.5) is 5.69 Å². The van der Waals surface area contributed by atoms with Crippen molar-refractivity contribution in [1.29, 1.82) is 0 Å². The average molecular weight is 452 g/mol. The minimum atomic E-state index is -1.40. The zero-order valence-corrected chi connectivity index (χ0v) is 16.6. The van der Waals surface area contributed by atoms with Gasteiger partial charge in [0.2, 0.25) is 0 Å². The van der Waals surface area contributed by atoms with Crippen LogP contribution in [0.2, 0.25) is 8.67 Å². The quantitative estimate of drug-likeness (QED) is 0.456. The van der Waals surface area contributed by atoms with Crippen molar-refractivity contribution in [2.24, 2.45) is 0 Å². The highest BCUT2D eigenvalue weighted by Crippen LogP contribution is 2.34. The SMILES string of the molecule is O=C(O)c1ccc(Oc2ccccc2NC(=O)c2cc(Cl)sc2Cl)cc1C(=O)O.